The van der Waals surface area contributed by atoms with Gasteiger partial charge in [0.05, 0.1) is 25.3 Å². The lowest BCUT2D eigenvalue weighted by Gasteiger charge is -2.08. The van der Waals surface area contributed by atoms with Gasteiger partial charge >= 0.3 is 5.97 Å². The van der Waals surface area contributed by atoms with Gasteiger partial charge in [-0.2, -0.15) is 0 Å². The molecule has 0 atom stereocenters. The highest BCUT2D eigenvalue weighted by Gasteiger charge is 2.21. The summed E-state index contributed by atoms with van der Waals surface area (Å²) >= 11 is 0. The van der Waals surface area contributed by atoms with E-state index in [1.54, 1.807) is 26.2 Å². The largest absolute Gasteiger partial charge is 0.497 e. The standard InChI is InChI=1S/C13H15NO4/c1-7-11(13(15)16)9-5-8(17-3)6-10(18-4)12(9)14(7)2/h5-6H,1-4H3,(H,15,16). The van der Waals surface area contributed by atoms with Gasteiger partial charge in [-0.1, -0.05) is 0 Å². The number of aromatic carboxylic acids is 1. The van der Waals surface area contributed by atoms with E-state index in [-0.39, 0.29) is 5.56 Å². The zero-order valence-electron chi connectivity index (χ0n) is 10.8. The highest BCUT2D eigenvalue weighted by atomic mass is 16.5. The molecule has 0 aliphatic carbocycles. The molecule has 96 valence electrons. The Labute approximate surface area is 105 Å². The SMILES string of the molecule is COc1cc(OC)c2c(c1)c(C(=O)O)c(C)n2C. The molecule has 0 aliphatic rings. The zero-order chi connectivity index (χ0) is 13.4. The predicted molar refractivity (Wildman–Crippen MR) is 67.7 cm³/mol. The van der Waals surface area contributed by atoms with E-state index < -0.39 is 5.97 Å². The van der Waals surface area contributed by atoms with Crippen LogP contribution in [0.1, 0.15) is 16.1 Å². The van der Waals surface area contributed by atoms with E-state index in [9.17, 15) is 9.90 Å². The van der Waals surface area contributed by atoms with Crippen molar-refractivity contribution in [3.63, 3.8) is 0 Å². The third-order valence-electron chi connectivity index (χ3n) is 3.19. The Kier molecular flexibility index (Phi) is 2.90. The summed E-state index contributed by atoms with van der Waals surface area (Å²) in [4.78, 5) is 11.4. The van der Waals surface area contributed by atoms with Gasteiger partial charge in [0.1, 0.15) is 11.5 Å². The van der Waals surface area contributed by atoms with Crippen molar-refractivity contribution in [2.75, 3.05) is 14.2 Å². The molecular weight excluding hydrogens is 234 g/mol. The Morgan fingerprint density at radius 3 is 2.44 bits per heavy atom. The summed E-state index contributed by atoms with van der Waals surface area (Å²) in [6.45, 7) is 1.77. The number of nitrogens with zero attached hydrogens (tertiary/aromatic N) is 1. The van der Waals surface area contributed by atoms with E-state index in [1.807, 2.05) is 11.6 Å². The van der Waals surface area contributed by atoms with Gasteiger partial charge in [0.15, 0.2) is 0 Å². The van der Waals surface area contributed by atoms with Crippen molar-refractivity contribution >= 4 is 16.9 Å². The maximum absolute atomic E-state index is 11.4. The normalized spacial score (nSPS) is 10.7. The van der Waals surface area contributed by atoms with E-state index in [1.165, 1.54) is 7.11 Å². The minimum atomic E-state index is -0.951. The number of ether oxygens (including phenoxy) is 2. The summed E-state index contributed by atoms with van der Waals surface area (Å²) in [6.07, 6.45) is 0. The summed E-state index contributed by atoms with van der Waals surface area (Å²) in [5.74, 6) is 0.225. The molecule has 5 nitrogen and oxygen atoms in total. The molecule has 0 radical (unpaired) electrons. The minimum absolute atomic E-state index is 0.282. The molecule has 0 bridgehead atoms. The van der Waals surface area contributed by atoms with Gasteiger partial charge in [0.2, 0.25) is 0 Å². The Morgan fingerprint density at radius 2 is 1.94 bits per heavy atom. The van der Waals surface area contributed by atoms with Crippen molar-refractivity contribution in [2.24, 2.45) is 7.05 Å². The van der Waals surface area contributed by atoms with Crippen LogP contribution < -0.4 is 9.47 Å². The number of benzene rings is 1. The average molecular weight is 249 g/mol. The molecule has 0 amide bonds. The highest BCUT2D eigenvalue weighted by molar-refractivity contribution is 6.07. The number of aromatic nitrogens is 1. The summed E-state index contributed by atoms with van der Waals surface area (Å²) in [6, 6.07) is 3.46. The quantitative estimate of drug-likeness (QED) is 0.905. The lowest BCUT2D eigenvalue weighted by molar-refractivity contribution is 0.0698. The number of fused-ring (bicyclic) bond motifs is 1. The van der Waals surface area contributed by atoms with Gasteiger partial charge in [-0.25, -0.2) is 4.79 Å². The molecule has 1 heterocycles. The third kappa shape index (κ3) is 1.59. The molecule has 1 aromatic heterocycles. The van der Waals surface area contributed by atoms with Crippen molar-refractivity contribution in [3.05, 3.63) is 23.4 Å². The summed E-state index contributed by atoms with van der Waals surface area (Å²) < 4.78 is 12.3. The first-order chi connectivity index (χ1) is 8.51. The van der Waals surface area contributed by atoms with E-state index in [2.05, 4.69) is 0 Å². The fraction of sp³-hybridized carbons (Fsp3) is 0.308. The van der Waals surface area contributed by atoms with Crippen LogP contribution in [-0.2, 0) is 7.05 Å². The number of carboxylic acids is 1. The second kappa shape index (κ2) is 4.25. The number of hydrogen-bond donors (Lipinski definition) is 1. The second-order valence-corrected chi connectivity index (χ2v) is 4.05. The van der Waals surface area contributed by atoms with Crippen molar-refractivity contribution < 1.29 is 19.4 Å². The van der Waals surface area contributed by atoms with Crippen molar-refractivity contribution in [1.29, 1.82) is 0 Å². The number of aryl methyl sites for hydroxylation is 1. The molecule has 0 aliphatic heterocycles. The molecule has 2 aromatic rings. The van der Waals surface area contributed by atoms with E-state index in [0.717, 1.165) is 5.52 Å². The Hall–Kier alpha value is -2.17. The van der Waals surface area contributed by atoms with Crippen LogP contribution in [0, 0.1) is 6.92 Å². The molecule has 5 heteroatoms. The van der Waals surface area contributed by atoms with Crippen LogP contribution in [0.4, 0.5) is 0 Å². The number of hydrogen-bond acceptors (Lipinski definition) is 3. The van der Waals surface area contributed by atoms with Gasteiger partial charge in [-0.15, -0.1) is 0 Å². The molecule has 1 aromatic carbocycles. The Morgan fingerprint density at radius 1 is 1.28 bits per heavy atom. The van der Waals surface area contributed by atoms with E-state index in [0.29, 0.717) is 22.6 Å². The summed E-state index contributed by atoms with van der Waals surface area (Å²) in [5.41, 5.74) is 1.72. The number of carboxylic acid groups (broad SMARTS) is 1. The molecule has 0 saturated carbocycles. The smallest absolute Gasteiger partial charge is 0.338 e. The van der Waals surface area contributed by atoms with Crippen LogP contribution in [0.3, 0.4) is 0 Å². The summed E-state index contributed by atoms with van der Waals surface area (Å²) in [5, 5.41) is 9.93. The first kappa shape index (κ1) is 12.3. The van der Waals surface area contributed by atoms with Crippen LogP contribution in [0.5, 0.6) is 11.5 Å². The lowest BCUT2D eigenvalue weighted by Crippen LogP contribution is -1.99. The van der Waals surface area contributed by atoms with E-state index in [4.69, 9.17) is 9.47 Å². The molecule has 1 N–H and O–H groups in total. The van der Waals surface area contributed by atoms with Gasteiger partial charge in [-0.3, -0.25) is 0 Å². The number of carbonyl (C=O) groups is 1. The molecule has 0 saturated heterocycles. The first-order valence-corrected chi connectivity index (χ1v) is 5.45. The number of rotatable bonds is 3. The van der Waals surface area contributed by atoms with Crippen molar-refractivity contribution in [1.82, 2.24) is 4.57 Å². The molecule has 0 unspecified atom stereocenters. The first-order valence-electron chi connectivity index (χ1n) is 5.45. The minimum Gasteiger partial charge on any atom is -0.497 e. The third-order valence-corrected chi connectivity index (χ3v) is 3.19. The fourth-order valence-corrected chi connectivity index (χ4v) is 2.19. The number of methoxy groups -OCH3 is 2. The fourth-order valence-electron chi connectivity index (χ4n) is 2.19. The second-order valence-electron chi connectivity index (χ2n) is 4.05. The molecule has 0 spiro atoms. The van der Waals surface area contributed by atoms with Crippen LogP contribution >= 0.6 is 0 Å². The van der Waals surface area contributed by atoms with Crippen LogP contribution in [0.2, 0.25) is 0 Å². The van der Waals surface area contributed by atoms with Gasteiger partial charge in [0.25, 0.3) is 0 Å². The Bertz CT molecular complexity index is 628. The highest BCUT2D eigenvalue weighted by Crippen LogP contribution is 2.35. The predicted octanol–water partition coefficient (Wildman–Crippen LogP) is 2.20. The maximum atomic E-state index is 11.4. The molecule has 2 rings (SSSR count). The summed E-state index contributed by atoms with van der Waals surface area (Å²) in [7, 11) is 4.91. The average Bonchev–Trinajstić information content (AvgIpc) is 2.60. The molecule has 18 heavy (non-hydrogen) atoms. The van der Waals surface area contributed by atoms with Crippen LogP contribution in [0.25, 0.3) is 10.9 Å². The van der Waals surface area contributed by atoms with Crippen molar-refractivity contribution in [2.45, 2.75) is 6.92 Å². The van der Waals surface area contributed by atoms with Crippen LogP contribution in [0.15, 0.2) is 12.1 Å². The molecule has 0 fully saturated rings. The van der Waals surface area contributed by atoms with E-state index >= 15 is 0 Å². The van der Waals surface area contributed by atoms with Gasteiger partial charge < -0.3 is 19.1 Å². The van der Waals surface area contributed by atoms with Gasteiger partial charge in [-0.05, 0) is 13.0 Å². The van der Waals surface area contributed by atoms with Crippen molar-refractivity contribution in [3.8, 4) is 11.5 Å². The van der Waals surface area contributed by atoms with Crippen LogP contribution in [-0.4, -0.2) is 29.9 Å². The maximum Gasteiger partial charge on any atom is 0.338 e. The Balaban J connectivity index is 2.95. The van der Waals surface area contributed by atoms with Gasteiger partial charge in [0, 0.05) is 24.2 Å². The monoisotopic (exact) mass is 249 g/mol. The topological polar surface area (TPSA) is 60.7 Å². The molecular formula is C13H15NO4. The lowest BCUT2D eigenvalue weighted by atomic mass is 10.1. The zero-order valence-corrected chi connectivity index (χ0v) is 10.8.